The third-order valence-electron chi connectivity index (χ3n) is 5.12. The van der Waals surface area contributed by atoms with Crippen LogP contribution in [0.1, 0.15) is 40.0 Å². The van der Waals surface area contributed by atoms with Gasteiger partial charge in [0.05, 0.1) is 18.4 Å². The van der Waals surface area contributed by atoms with Crippen molar-refractivity contribution in [2.75, 3.05) is 21.3 Å². The zero-order valence-corrected chi connectivity index (χ0v) is 14.9. The van der Waals surface area contributed by atoms with Gasteiger partial charge in [-0.3, -0.25) is 14.4 Å². The number of ketones is 2. The number of benzene rings is 1. The molecule has 1 aliphatic heterocycles. The van der Waals surface area contributed by atoms with Crippen molar-refractivity contribution in [3.05, 3.63) is 46.7 Å². The molecule has 1 heterocycles. The summed E-state index contributed by atoms with van der Waals surface area (Å²) in [5.41, 5.74) is -0.650. The third kappa shape index (κ3) is 2.55. The van der Waals surface area contributed by atoms with Gasteiger partial charge in [0.15, 0.2) is 11.5 Å². The fraction of sp³-hybridized carbons (Fsp3) is 0.421. The van der Waals surface area contributed by atoms with Crippen molar-refractivity contribution in [1.29, 1.82) is 0 Å². The van der Waals surface area contributed by atoms with Gasteiger partial charge in [0.2, 0.25) is 5.78 Å². The summed E-state index contributed by atoms with van der Waals surface area (Å²) in [5.74, 6) is -1.03. The number of hydrogen-bond acceptors (Lipinski definition) is 7. The number of likely N-dealkylation sites (N-methyl/N-ethyl adjacent to an activating group) is 1. The number of Topliss-reactive ketones (excluding diaryl/α,β-unsaturated/α-hetero) is 2. The molecule has 0 spiro atoms. The second-order valence-electron chi connectivity index (χ2n) is 6.45. The van der Waals surface area contributed by atoms with E-state index >= 15 is 0 Å². The molecule has 0 fully saturated rings. The summed E-state index contributed by atoms with van der Waals surface area (Å²) in [4.78, 5) is 38.7. The lowest BCUT2D eigenvalue weighted by Crippen LogP contribution is -2.51. The quantitative estimate of drug-likeness (QED) is 0.792. The minimum Gasteiger partial charge on any atom is -0.469 e. The van der Waals surface area contributed by atoms with Crippen molar-refractivity contribution in [3.63, 3.8) is 0 Å². The molecule has 2 atom stereocenters. The highest BCUT2D eigenvalue weighted by atomic mass is 16.5. The van der Waals surface area contributed by atoms with Crippen LogP contribution in [0.4, 0.5) is 0 Å². The Kier molecular flexibility index (Phi) is 4.68. The number of fused-ring (bicyclic) bond motifs is 1. The van der Waals surface area contributed by atoms with Gasteiger partial charge < -0.3 is 19.5 Å². The van der Waals surface area contributed by atoms with Crippen LogP contribution in [0.5, 0.6) is 0 Å². The number of nitrogens with zero attached hydrogens (tertiary/aromatic N) is 1. The van der Waals surface area contributed by atoms with E-state index in [1.807, 2.05) is 0 Å². The highest BCUT2D eigenvalue weighted by Crippen LogP contribution is 2.44. The molecular formula is C19H21NO6. The molecule has 0 saturated carbocycles. The van der Waals surface area contributed by atoms with Gasteiger partial charge >= 0.3 is 5.97 Å². The number of esters is 1. The van der Waals surface area contributed by atoms with E-state index in [1.54, 1.807) is 31.3 Å². The van der Waals surface area contributed by atoms with Crippen LogP contribution in [0.25, 0.3) is 0 Å². The highest BCUT2D eigenvalue weighted by Gasteiger charge is 2.56. The van der Waals surface area contributed by atoms with Crippen LogP contribution in [-0.4, -0.2) is 60.6 Å². The summed E-state index contributed by atoms with van der Waals surface area (Å²) in [7, 11) is 4.25. The predicted octanol–water partition coefficient (Wildman–Crippen LogP) is 1.31. The van der Waals surface area contributed by atoms with Gasteiger partial charge in [-0.25, -0.2) is 0 Å². The molecule has 3 rings (SSSR count). The minimum absolute atomic E-state index is 0.121. The summed E-state index contributed by atoms with van der Waals surface area (Å²) in [6.07, 6.45) is -0.398. The number of hydrogen-bond donors (Lipinski definition) is 1. The molecule has 138 valence electrons. The van der Waals surface area contributed by atoms with Gasteiger partial charge in [0.25, 0.3) is 0 Å². The smallest absolute Gasteiger partial charge is 0.305 e. The lowest BCUT2D eigenvalue weighted by Gasteiger charge is -2.37. The standard InChI is InChI=1S/C19H21NO6/c1-20-15-14(16(22)11-7-4-5-8-12(11)17(15)23)18(26-3)19(20,24)10-6-9-13(21)25-2/h4-5,7-8,18,24H,6,9-10H2,1-3H3. The fourth-order valence-electron chi connectivity index (χ4n) is 3.76. The van der Waals surface area contributed by atoms with Crippen LogP contribution in [-0.2, 0) is 14.3 Å². The van der Waals surface area contributed by atoms with E-state index in [4.69, 9.17) is 4.74 Å². The fourth-order valence-corrected chi connectivity index (χ4v) is 3.76. The van der Waals surface area contributed by atoms with E-state index in [0.29, 0.717) is 17.5 Å². The first-order chi connectivity index (χ1) is 12.4. The Morgan fingerprint density at radius 1 is 1.19 bits per heavy atom. The van der Waals surface area contributed by atoms with Gasteiger partial charge in [0, 0.05) is 31.7 Å². The van der Waals surface area contributed by atoms with Crippen LogP contribution in [0.2, 0.25) is 0 Å². The summed E-state index contributed by atoms with van der Waals surface area (Å²) in [6, 6.07) is 6.59. The topological polar surface area (TPSA) is 93.1 Å². The number of carbonyl (C=O) groups is 3. The van der Waals surface area contributed by atoms with E-state index in [2.05, 4.69) is 4.74 Å². The molecule has 0 saturated heterocycles. The van der Waals surface area contributed by atoms with E-state index in [1.165, 1.54) is 19.1 Å². The Morgan fingerprint density at radius 3 is 2.38 bits per heavy atom. The van der Waals surface area contributed by atoms with Crippen LogP contribution in [0.3, 0.4) is 0 Å². The molecule has 1 N–H and O–H groups in total. The van der Waals surface area contributed by atoms with E-state index in [9.17, 15) is 19.5 Å². The van der Waals surface area contributed by atoms with Crippen molar-refractivity contribution >= 4 is 17.5 Å². The Labute approximate surface area is 151 Å². The van der Waals surface area contributed by atoms with Crippen LogP contribution in [0.15, 0.2) is 35.5 Å². The van der Waals surface area contributed by atoms with Crippen molar-refractivity contribution < 1.29 is 29.0 Å². The van der Waals surface area contributed by atoms with Crippen molar-refractivity contribution in [3.8, 4) is 0 Å². The van der Waals surface area contributed by atoms with Crippen LogP contribution in [0, 0.1) is 0 Å². The molecule has 2 aliphatic rings. The molecule has 1 aromatic rings. The summed E-state index contributed by atoms with van der Waals surface area (Å²) in [6.45, 7) is 0. The SMILES string of the molecule is COC(=O)CCCC1(O)C(OC)C2=C(C(=O)c3ccccc3C2=O)N1C. The van der Waals surface area contributed by atoms with E-state index in [0.717, 1.165) is 0 Å². The minimum atomic E-state index is -1.60. The number of allylic oxidation sites excluding steroid dienone is 1. The average molecular weight is 359 g/mol. The normalized spacial score (nSPS) is 24.6. The number of rotatable bonds is 5. The lowest BCUT2D eigenvalue weighted by atomic mass is 9.85. The number of methoxy groups -OCH3 is 2. The van der Waals surface area contributed by atoms with Gasteiger partial charge in [-0.2, -0.15) is 0 Å². The Balaban J connectivity index is 1.97. The first-order valence-electron chi connectivity index (χ1n) is 8.35. The Bertz CT molecular complexity index is 814. The highest BCUT2D eigenvalue weighted by molar-refractivity contribution is 6.27. The molecule has 0 amide bonds. The van der Waals surface area contributed by atoms with E-state index < -0.39 is 11.8 Å². The van der Waals surface area contributed by atoms with Crippen LogP contribution < -0.4 is 0 Å². The van der Waals surface area contributed by atoms with Gasteiger partial charge in [-0.1, -0.05) is 24.3 Å². The molecule has 1 aromatic carbocycles. The first-order valence-corrected chi connectivity index (χ1v) is 8.35. The van der Waals surface area contributed by atoms with Crippen molar-refractivity contribution in [1.82, 2.24) is 4.90 Å². The van der Waals surface area contributed by atoms with Gasteiger partial charge in [-0.15, -0.1) is 0 Å². The Morgan fingerprint density at radius 2 is 1.81 bits per heavy atom. The zero-order valence-electron chi connectivity index (χ0n) is 14.9. The second-order valence-corrected chi connectivity index (χ2v) is 6.45. The molecule has 2 unspecified atom stereocenters. The lowest BCUT2D eigenvalue weighted by molar-refractivity contribution is -0.148. The maximum atomic E-state index is 13.0. The van der Waals surface area contributed by atoms with Crippen molar-refractivity contribution in [2.45, 2.75) is 31.1 Å². The predicted molar refractivity (Wildman–Crippen MR) is 91.5 cm³/mol. The molecule has 0 bridgehead atoms. The molecule has 1 aliphatic carbocycles. The summed E-state index contributed by atoms with van der Waals surface area (Å²) < 4.78 is 10.1. The average Bonchev–Trinajstić information content (AvgIpc) is 2.87. The van der Waals surface area contributed by atoms with Gasteiger partial charge in [-0.05, 0) is 12.8 Å². The second kappa shape index (κ2) is 6.66. The monoisotopic (exact) mass is 359 g/mol. The maximum Gasteiger partial charge on any atom is 0.305 e. The number of aliphatic hydroxyl groups is 1. The third-order valence-corrected chi connectivity index (χ3v) is 5.12. The molecule has 0 aromatic heterocycles. The molecule has 26 heavy (non-hydrogen) atoms. The summed E-state index contributed by atoms with van der Waals surface area (Å²) >= 11 is 0. The van der Waals surface area contributed by atoms with Crippen molar-refractivity contribution in [2.24, 2.45) is 0 Å². The largest absolute Gasteiger partial charge is 0.469 e. The molecule has 7 heteroatoms. The zero-order chi connectivity index (χ0) is 19.1. The number of ether oxygens (including phenoxy) is 2. The van der Waals surface area contributed by atoms with E-state index in [-0.39, 0.29) is 41.6 Å². The Hall–Kier alpha value is -2.51. The first kappa shape index (κ1) is 18.3. The van der Waals surface area contributed by atoms with Gasteiger partial charge in [0.1, 0.15) is 6.10 Å². The van der Waals surface area contributed by atoms with Crippen LogP contribution >= 0.6 is 0 Å². The molecule has 0 radical (unpaired) electrons. The molecular weight excluding hydrogens is 338 g/mol. The summed E-state index contributed by atoms with van der Waals surface area (Å²) in [5, 5.41) is 11.3. The molecule has 7 nitrogen and oxygen atoms in total. The maximum absolute atomic E-state index is 13.0. The number of carbonyl (C=O) groups excluding carboxylic acids is 3.